The van der Waals surface area contributed by atoms with E-state index in [0.29, 0.717) is 22.9 Å². The molecule has 2 aromatic carbocycles. The van der Waals surface area contributed by atoms with Gasteiger partial charge in [0.2, 0.25) is 0 Å². The first kappa shape index (κ1) is 19.2. The summed E-state index contributed by atoms with van der Waals surface area (Å²) in [6.07, 6.45) is 1.64. The van der Waals surface area contributed by atoms with E-state index in [-0.39, 0.29) is 5.91 Å². The third-order valence-corrected chi connectivity index (χ3v) is 4.31. The summed E-state index contributed by atoms with van der Waals surface area (Å²) in [7, 11) is 3.12. The Labute approximate surface area is 164 Å². The van der Waals surface area contributed by atoms with Crippen molar-refractivity contribution in [3.8, 4) is 11.5 Å². The number of anilines is 3. The maximum Gasteiger partial charge on any atom is 0.274 e. The van der Waals surface area contributed by atoms with Crippen LogP contribution in [0.1, 0.15) is 17.4 Å². The number of para-hydroxylation sites is 1. The summed E-state index contributed by atoms with van der Waals surface area (Å²) in [4.78, 5) is 19.1. The zero-order valence-electron chi connectivity index (χ0n) is 16.2. The topological polar surface area (TPSA) is 63.7 Å². The number of ether oxygens (including phenoxy) is 2. The normalized spacial score (nSPS) is 10.2. The first-order valence-corrected chi connectivity index (χ1v) is 8.98. The molecule has 0 radical (unpaired) electrons. The number of amides is 1. The van der Waals surface area contributed by atoms with E-state index in [1.807, 2.05) is 36.4 Å². The van der Waals surface area contributed by atoms with E-state index in [1.165, 1.54) is 0 Å². The van der Waals surface area contributed by atoms with Gasteiger partial charge in [0.1, 0.15) is 5.69 Å². The molecule has 0 aliphatic carbocycles. The van der Waals surface area contributed by atoms with Gasteiger partial charge in [-0.25, -0.2) is 0 Å². The molecule has 28 heavy (non-hydrogen) atoms. The van der Waals surface area contributed by atoms with Crippen molar-refractivity contribution in [2.75, 3.05) is 31.0 Å². The van der Waals surface area contributed by atoms with Gasteiger partial charge in [-0.15, -0.1) is 0 Å². The molecule has 6 nitrogen and oxygen atoms in total. The average molecular weight is 377 g/mol. The zero-order chi connectivity index (χ0) is 19.9. The Morgan fingerprint density at radius 2 is 1.71 bits per heavy atom. The Morgan fingerprint density at radius 3 is 2.39 bits per heavy atom. The first-order valence-electron chi connectivity index (χ1n) is 8.98. The number of hydrogen-bond acceptors (Lipinski definition) is 5. The first-order chi connectivity index (χ1) is 13.7. The average Bonchev–Trinajstić information content (AvgIpc) is 2.75. The van der Waals surface area contributed by atoms with Gasteiger partial charge >= 0.3 is 0 Å². The Bertz CT molecular complexity index is 945. The van der Waals surface area contributed by atoms with Crippen molar-refractivity contribution in [2.45, 2.75) is 6.92 Å². The minimum absolute atomic E-state index is 0.293. The summed E-state index contributed by atoms with van der Waals surface area (Å²) in [5, 5.41) is 2.85. The van der Waals surface area contributed by atoms with Crippen LogP contribution >= 0.6 is 0 Å². The van der Waals surface area contributed by atoms with Crippen LogP contribution in [-0.4, -0.2) is 31.7 Å². The molecule has 0 unspecified atom stereocenters. The number of pyridine rings is 1. The minimum atomic E-state index is -0.293. The molecule has 1 amide bonds. The molecule has 0 bridgehead atoms. The highest BCUT2D eigenvalue weighted by Gasteiger charge is 2.13. The molecule has 6 heteroatoms. The molecule has 0 aliphatic rings. The number of rotatable bonds is 7. The number of carbonyl (C=O) groups excluding carboxylic acids is 1. The molecule has 1 N–H and O–H groups in total. The number of hydrogen-bond donors (Lipinski definition) is 1. The molecule has 0 atom stereocenters. The predicted molar refractivity (Wildman–Crippen MR) is 111 cm³/mol. The summed E-state index contributed by atoms with van der Waals surface area (Å²) in [6, 6.07) is 18.9. The molecule has 0 spiro atoms. The maximum atomic E-state index is 12.7. The van der Waals surface area contributed by atoms with E-state index in [9.17, 15) is 4.79 Å². The van der Waals surface area contributed by atoms with E-state index < -0.39 is 0 Å². The van der Waals surface area contributed by atoms with Crippen molar-refractivity contribution in [3.05, 3.63) is 72.6 Å². The molecule has 3 rings (SSSR count). The third kappa shape index (κ3) is 4.23. The molecule has 0 fully saturated rings. The number of benzene rings is 2. The fourth-order valence-corrected chi connectivity index (χ4v) is 2.94. The van der Waals surface area contributed by atoms with Crippen LogP contribution in [0.15, 0.2) is 66.9 Å². The van der Waals surface area contributed by atoms with Crippen LogP contribution in [-0.2, 0) is 0 Å². The highest BCUT2D eigenvalue weighted by molar-refractivity contribution is 6.03. The molecule has 0 saturated heterocycles. The Balaban J connectivity index is 1.82. The van der Waals surface area contributed by atoms with Crippen molar-refractivity contribution in [1.29, 1.82) is 0 Å². The van der Waals surface area contributed by atoms with Crippen LogP contribution in [0.2, 0.25) is 0 Å². The van der Waals surface area contributed by atoms with E-state index in [4.69, 9.17) is 9.47 Å². The van der Waals surface area contributed by atoms with Crippen LogP contribution in [0.4, 0.5) is 17.1 Å². The Kier molecular flexibility index (Phi) is 6.11. The van der Waals surface area contributed by atoms with Crippen LogP contribution in [0, 0.1) is 0 Å². The molecular weight excluding hydrogens is 354 g/mol. The van der Waals surface area contributed by atoms with Gasteiger partial charge < -0.3 is 19.7 Å². The lowest BCUT2D eigenvalue weighted by molar-refractivity contribution is 0.102. The maximum absolute atomic E-state index is 12.7. The number of methoxy groups -OCH3 is 2. The van der Waals surface area contributed by atoms with Crippen molar-refractivity contribution >= 4 is 23.0 Å². The van der Waals surface area contributed by atoms with Crippen molar-refractivity contribution in [2.24, 2.45) is 0 Å². The zero-order valence-corrected chi connectivity index (χ0v) is 16.2. The smallest absolute Gasteiger partial charge is 0.274 e. The summed E-state index contributed by atoms with van der Waals surface area (Å²) < 4.78 is 10.5. The van der Waals surface area contributed by atoms with Gasteiger partial charge in [-0.05, 0) is 43.3 Å². The second-order valence-electron chi connectivity index (χ2n) is 6.00. The standard InChI is InChI=1S/C22H23N3O3/c1-4-25(17-8-6-5-7-9-17)18-12-13-23-19(15-18)22(26)24-16-10-11-20(27-2)21(14-16)28-3/h5-15H,4H2,1-3H3,(H,24,26). The van der Waals surface area contributed by atoms with E-state index >= 15 is 0 Å². The monoisotopic (exact) mass is 377 g/mol. The number of aromatic nitrogens is 1. The second kappa shape index (κ2) is 8.90. The Morgan fingerprint density at radius 1 is 0.964 bits per heavy atom. The quantitative estimate of drug-likeness (QED) is 0.656. The lowest BCUT2D eigenvalue weighted by atomic mass is 10.2. The van der Waals surface area contributed by atoms with E-state index in [2.05, 4.69) is 22.1 Å². The van der Waals surface area contributed by atoms with Crippen molar-refractivity contribution in [3.63, 3.8) is 0 Å². The minimum Gasteiger partial charge on any atom is -0.493 e. The second-order valence-corrected chi connectivity index (χ2v) is 6.00. The highest BCUT2D eigenvalue weighted by Crippen LogP contribution is 2.30. The fourth-order valence-electron chi connectivity index (χ4n) is 2.94. The van der Waals surface area contributed by atoms with Crippen LogP contribution in [0.25, 0.3) is 0 Å². The summed E-state index contributed by atoms with van der Waals surface area (Å²) in [6.45, 7) is 2.83. The fraction of sp³-hybridized carbons (Fsp3) is 0.182. The predicted octanol–water partition coefficient (Wildman–Crippen LogP) is 4.51. The van der Waals surface area contributed by atoms with Crippen molar-refractivity contribution in [1.82, 2.24) is 4.98 Å². The molecule has 3 aromatic rings. The van der Waals surface area contributed by atoms with E-state index in [0.717, 1.165) is 17.9 Å². The van der Waals surface area contributed by atoms with Crippen molar-refractivity contribution < 1.29 is 14.3 Å². The van der Waals surface area contributed by atoms with Gasteiger partial charge in [-0.1, -0.05) is 18.2 Å². The number of nitrogens with zero attached hydrogens (tertiary/aromatic N) is 2. The van der Waals surface area contributed by atoms with Crippen LogP contribution in [0.3, 0.4) is 0 Å². The largest absolute Gasteiger partial charge is 0.493 e. The van der Waals surface area contributed by atoms with Gasteiger partial charge in [-0.2, -0.15) is 0 Å². The number of carbonyl (C=O) groups is 1. The molecule has 0 saturated carbocycles. The van der Waals surface area contributed by atoms with Gasteiger partial charge in [0.15, 0.2) is 11.5 Å². The van der Waals surface area contributed by atoms with Crippen LogP contribution < -0.4 is 19.7 Å². The third-order valence-electron chi connectivity index (χ3n) is 4.31. The lowest BCUT2D eigenvalue weighted by Crippen LogP contribution is -2.18. The molecule has 1 heterocycles. The SMILES string of the molecule is CCN(c1ccccc1)c1ccnc(C(=O)Nc2ccc(OC)c(OC)c2)c1. The van der Waals surface area contributed by atoms with Gasteiger partial charge in [0.25, 0.3) is 5.91 Å². The summed E-state index contributed by atoms with van der Waals surface area (Å²) in [5.41, 5.74) is 2.90. The van der Waals surface area contributed by atoms with E-state index in [1.54, 1.807) is 44.7 Å². The summed E-state index contributed by atoms with van der Waals surface area (Å²) in [5.74, 6) is 0.850. The highest BCUT2D eigenvalue weighted by atomic mass is 16.5. The summed E-state index contributed by atoms with van der Waals surface area (Å²) >= 11 is 0. The molecule has 144 valence electrons. The lowest BCUT2D eigenvalue weighted by Gasteiger charge is -2.23. The molecule has 1 aromatic heterocycles. The Hall–Kier alpha value is -3.54. The van der Waals surface area contributed by atoms with Crippen LogP contribution in [0.5, 0.6) is 11.5 Å². The van der Waals surface area contributed by atoms with Gasteiger partial charge in [0, 0.05) is 35.9 Å². The van der Waals surface area contributed by atoms with Gasteiger partial charge in [0.05, 0.1) is 14.2 Å². The molecule has 0 aliphatic heterocycles. The number of nitrogens with one attached hydrogen (secondary N) is 1. The van der Waals surface area contributed by atoms with Gasteiger partial charge in [-0.3, -0.25) is 9.78 Å². The molecular formula is C22H23N3O3.